The third-order valence-corrected chi connectivity index (χ3v) is 5.44. The van der Waals surface area contributed by atoms with E-state index in [1.54, 1.807) is 6.26 Å². The fourth-order valence-corrected chi connectivity index (χ4v) is 4.06. The van der Waals surface area contributed by atoms with Crippen molar-refractivity contribution in [1.82, 2.24) is 15.1 Å². The highest BCUT2D eigenvalue weighted by Gasteiger charge is 2.46. The monoisotopic (exact) mass is 330 g/mol. The van der Waals surface area contributed by atoms with Crippen LogP contribution in [0.2, 0.25) is 0 Å². The zero-order chi connectivity index (χ0) is 15.7. The molecule has 120 valence electrons. The molecular weight excluding hydrogens is 312 g/mol. The molecule has 6 nitrogen and oxygen atoms in total. The number of fused-ring (bicyclic) bond motifs is 2. The summed E-state index contributed by atoms with van der Waals surface area (Å²) in [6, 6.07) is 3.70. The molecule has 2 unspecified atom stereocenters. The first kappa shape index (κ1) is 14.6. The predicted octanol–water partition coefficient (Wildman–Crippen LogP) is 2.73. The van der Waals surface area contributed by atoms with Crippen LogP contribution in [0.3, 0.4) is 0 Å². The highest BCUT2D eigenvalue weighted by Crippen LogP contribution is 2.40. The van der Waals surface area contributed by atoms with Gasteiger partial charge >= 0.3 is 0 Å². The summed E-state index contributed by atoms with van der Waals surface area (Å²) in [5, 5.41) is 12.4. The van der Waals surface area contributed by atoms with Gasteiger partial charge in [-0.25, -0.2) is 0 Å². The van der Waals surface area contributed by atoms with Gasteiger partial charge in [-0.2, -0.15) is 0 Å². The fourth-order valence-electron chi connectivity index (χ4n) is 3.41. The second-order valence-corrected chi connectivity index (χ2v) is 7.17. The highest BCUT2D eigenvalue weighted by atomic mass is 32.1. The zero-order valence-corrected chi connectivity index (χ0v) is 13.5. The van der Waals surface area contributed by atoms with E-state index in [-0.39, 0.29) is 11.3 Å². The Morgan fingerprint density at radius 3 is 3.17 bits per heavy atom. The van der Waals surface area contributed by atoms with E-state index < -0.39 is 0 Å². The molecule has 2 bridgehead atoms. The number of nitrogens with one attached hydrogen (secondary N) is 1. The normalized spacial score (nSPS) is 26.7. The zero-order valence-electron chi connectivity index (χ0n) is 12.7. The Hall–Kier alpha value is -1.99. The lowest BCUT2D eigenvalue weighted by Gasteiger charge is -2.32. The molecule has 2 aromatic heterocycles. The number of aromatic nitrogens is 2. The van der Waals surface area contributed by atoms with Gasteiger partial charge in [-0.15, -0.1) is 10.2 Å². The Bertz CT molecular complexity index is 720. The summed E-state index contributed by atoms with van der Waals surface area (Å²) < 4.78 is 5.23. The number of carbonyl (C=O) groups is 1. The summed E-state index contributed by atoms with van der Waals surface area (Å²) in [6.07, 6.45) is 8.31. The number of hydrogen-bond donors (Lipinski definition) is 1. The molecule has 2 fully saturated rings. The number of rotatable bonds is 4. The third-order valence-electron chi connectivity index (χ3n) is 4.64. The number of piperidine rings is 1. The third kappa shape index (κ3) is 2.94. The van der Waals surface area contributed by atoms with Gasteiger partial charge in [-0.1, -0.05) is 11.3 Å². The van der Waals surface area contributed by atoms with Gasteiger partial charge in [0.2, 0.25) is 11.0 Å². The van der Waals surface area contributed by atoms with Gasteiger partial charge in [-0.3, -0.25) is 10.1 Å². The molecular formula is C16H18N4O2S. The van der Waals surface area contributed by atoms with Crippen molar-refractivity contribution in [3.8, 4) is 0 Å². The maximum Gasteiger partial charge on any atom is 0.233 e. The second-order valence-electron chi connectivity index (χ2n) is 6.16. The fraction of sp³-hybridized carbons (Fsp3) is 0.438. The van der Waals surface area contributed by atoms with E-state index in [0.29, 0.717) is 5.13 Å². The Kier molecular flexibility index (Phi) is 3.74. The molecule has 0 aliphatic carbocycles. The van der Waals surface area contributed by atoms with Gasteiger partial charge in [0.25, 0.3) is 0 Å². The molecule has 2 atom stereocenters. The van der Waals surface area contributed by atoms with E-state index >= 15 is 0 Å². The Morgan fingerprint density at radius 1 is 1.35 bits per heavy atom. The molecule has 2 aliphatic heterocycles. The molecule has 23 heavy (non-hydrogen) atoms. The summed E-state index contributed by atoms with van der Waals surface area (Å²) in [5.74, 6) is 0.857. The molecule has 0 spiro atoms. The minimum absolute atomic E-state index is 0.0948. The van der Waals surface area contributed by atoms with Crippen LogP contribution in [0.5, 0.6) is 0 Å². The average Bonchev–Trinajstić information content (AvgIpc) is 3.27. The SMILES string of the molecule is O=C(Nc1nnc(/C=C/c2ccco2)s1)C12CCCN(CC1)C2. The van der Waals surface area contributed by atoms with Gasteiger partial charge in [-0.05, 0) is 56.6 Å². The van der Waals surface area contributed by atoms with E-state index in [2.05, 4.69) is 20.4 Å². The second kappa shape index (κ2) is 5.90. The van der Waals surface area contributed by atoms with E-state index in [4.69, 9.17) is 4.42 Å². The lowest BCUT2D eigenvalue weighted by molar-refractivity contribution is -0.126. The molecule has 0 radical (unpaired) electrons. The van der Waals surface area contributed by atoms with Crippen LogP contribution in [-0.4, -0.2) is 40.6 Å². The summed E-state index contributed by atoms with van der Waals surface area (Å²) in [5.41, 5.74) is -0.228. The number of nitrogens with zero attached hydrogens (tertiary/aromatic N) is 3. The number of anilines is 1. The van der Waals surface area contributed by atoms with Crippen LogP contribution in [0.15, 0.2) is 22.8 Å². The lowest BCUT2D eigenvalue weighted by Crippen LogP contribution is -2.42. The average molecular weight is 330 g/mol. The van der Waals surface area contributed by atoms with Crippen molar-refractivity contribution in [2.75, 3.05) is 25.0 Å². The van der Waals surface area contributed by atoms with Crippen molar-refractivity contribution in [1.29, 1.82) is 0 Å². The van der Waals surface area contributed by atoms with Crippen LogP contribution in [0.4, 0.5) is 5.13 Å². The van der Waals surface area contributed by atoms with Gasteiger partial charge in [0, 0.05) is 6.54 Å². The van der Waals surface area contributed by atoms with Crippen molar-refractivity contribution in [3.63, 3.8) is 0 Å². The number of amides is 1. The quantitative estimate of drug-likeness (QED) is 0.933. The minimum Gasteiger partial charge on any atom is -0.465 e. The van der Waals surface area contributed by atoms with E-state index in [1.165, 1.54) is 11.3 Å². The molecule has 7 heteroatoms. The maximum atomic E-state index is 12.7. The van der Waals surface area contributed by atoms with Crippen molar-refractivity contribution < 1.29 is 9.21 Å². The van der Waals surface area contributed by atoms with Crippen LogP contribution < -0.4 is 5.32 Å². The van der Waals surface area contributed by atoms with Gasteiger partial charge < -0.3 is 9.32 Å². The Morgan fingerprint density at radius 2 is 2.30 bits per heavy atom. The summed E-state index contributed by atoms with van der Waals surface area (Å²) in [6.45, 7) is 3.03. The molecule has 1 amide bonds. The Balaban J connectivity index is 1.42. The minimum atomic E-state index is -0.228. The maximum absolute atomic E-state index is 12.7. The standard InChI is InChI=1S/C16H18N4O2S/c21-14(16-6-2-8-20(11-16)9-7-16)17-15-19-18-13(23-15)5-4-12-3-1-10-22-12/h1,3-5,10H,2,6-9,11H2,(H,17,19,21)/b5-4+. The van der Waals surface area contributed by atoms with Crippen LogP contribution in [-0.2, 0) is 4.79 Å². The number of furan rings is 1. The smallest absolute Gasteiger partial charge is 0.233 e. The molecule has 2 saturated heterocycles. The Labute approximate surface area is 138 Å². The van der Waals surface area contributed by atoms with Gasteiger partial charge in [0.05, 0.1) is 11.7 Å². The van der Waals surface area contributed by atoms with Crippen molar-refractivity contribution in [3.05, 3.63) is 29.2 Å². The van der Waals surface area contributed by atoms with Crippen LogP contribution in [0.1, 0.15) is 30.0 Å². The predicted molar refractivity (Wildman–Crippen MR) is 88.9 cm³/mol. The number of hydrogen-bond acceptors (Lipinski definition) is 6. The van der Waals surface area contributed by atoms with Crippen LogP contribution >= 0.6 is 11.3 Å². The largest absolute Gasteiger partial charge is 0.465 e. The first-order valence-corrected chi connectivity index (χ1v) is 8.64. The first-order valence-electron chi connectivity index (χ1n) is 7.82. The number of carbonyl (C=O) groups excluding carboxylic acids is 1. The summed E-state index contributed by atoms with van der Waals surface area (Å²) >= 11 is 1.37. The molecule has 4 heterocycles. The van der Waals surface area contributed by atoms with Crippen molar-refractivity contribution >= 4 is 34.5 Å². The van der Waals surface area contributed by atoms with Gasteiger partial charge in [0.15, 0.2) is 0 Å². The topological polar surface area (TPSA) is 71.3 Å². The molecule has 1 N–H and O–H groups in total. The molecule has 0 aromatic carbocycles. The van der Waals surface area contributed by atoms with E-state index in [0.717, 1.165) is 49.7 Å². The molecule has 4 rings (SSSR count). The van der Waals surface area contributed by atoms with Crippen molar-refractivity contribution in [2.24, 2.45) is 5.41 Å². The van der Waals surface area contributed by atoms with Crippen LogP contribution in [0.25, 0.3) is 12.2 Å². The molecule has 2 aliphatic rings. The lowest BCUT2D eigenvalue weighted by atomic mass is 9.80. The molecule has 0 saturated carbocycles. The van der Waals surface area contributed by atoms with Gasteiger partial charge in [0.1, 0.15) is 10.8 Å². The van der Waals surface area contributed by atoms with Crippen molar-refractivity contribution in [2.45, 2.75) is 19.3 Å². The first-order chi connectivity index (χ1) is 11.2. The van der Waals surface area contributed by atoms with E-state index in [9.17, 15) is 4.79 Å². The summed E-state index contributed by atoms with van der Waals surface area (Å²) in [7, 11) is 0. The van der Waals surface area contributed by atoms with Crippen LogP contribution in [0, 0.1) is 5.41 Å². The highest BCUT2D eigenvalue weighted by molar-refractivity contribution is 7.16. The molecule has 2 aromatic rings. The van der Waals surface area contributed by atoms with E-state index in [1.807, 2.05) is 24.3 Å². The summed E-state index contributed by atoms with van der Waals surface area (Å²) in [4.78, 5) is 15.0.